The Bertz CT molecular complexity index is 902. The number of carbonyl (C=O) groups excluding carboxylic acids is 1. The molecule has 1 aliphatic rings. The van der Waals surface area contributed by atoms with Crippen LogP contribution in [0.2, 0.25) is 0 Å². The van der Waals surface area contributed by atoms with Gasteiger partial charge in [0.15, 0.2) is 0 Å². The van der Waals surface area contributed by atoms with E-state index in [1.165, 1.54) is 53.1 Å². The molecule has 0 spiro atoms. The van der Waals surface area contributed by atoms with Crippen molar-refractivity contribution < 1.29 is 22.9 Å². The molecule has 1 fully saturated rings. The Balaban J connectivity index is 1.98. The maximum absolute atomic E-state index is 13.4. The summed E-state index contributed by atoms with van der Waals surface area (Å²) in [5, 5.41) is 10.3. The second kappa shape index (κ2) is 7.22. The normalized spacial score (nSPS) is 17.2. The van der Waals surface area contributed by atoms with Gasteiger partial charge in [0.2, 0.25) is 0 Å². The Labute approximate surface area is 157 Å². The van der Waals surface area contributed by atoms with Gasteiger partial charge in [-0.1, -0.05) is 24.3 Å². The molecule has 1 amide bonds. The van der Waals surface area contributed by atoms with Crippen molar-refractivity contribution >= 4 is 23.4 Å². The number of benzene rings is 2. The first-order valence-electron chi connectivity index (χ1n) is 8.04. The molecule has 1 atom stereocenters. The highest BCUT2D eigenvalue weighted by Crippen LogP contribution is 2.44. The molecule has 1 saturated heterocycles. The number of alkyl halides is 3. The van der Waals surface area contributed by atoms with Crippen LogP contribution in [0.1, 0.15) is 32.4 Å². The number of nitro groups is 1. The SMILES string of the molecule is Cc1ccc(C(=O)N2CCS[C@@H]2c2ccccc2C(F)(F)F)cc1[N+](=O)[O-]. The van der Waals surface area contributed by atoms with Crippen molar-refractivity contribution in [3.8, 4) is 0 Å². The Hall–Kier alpha value is -2.55. The highest BCUT2D eigenvalue weighted by molar-refractivity contribution is 7.99. The van der Waals surface area contributed by atoms with E-state index in [0.717, 1.165) is 6.07 Å². The Morgan fingerprint density at radius 1 is 1.26 bits per heavy atom. The maximum Gasteiger partial charge on any atom is 0.416 e. The van der Waals surface area contributed by atoms with Gasteiger partial charge in [-0.2, -0.15) is 13.2 Å². The third-order valence-corrected chi connectivity index (χ3v) is 5.58. The molecule has 2 aromatic carbocycles. The van der Waals surface area contributed by atoms with Gasteiger partial charge in [0.25, 0.3) is 11.6 Å². The molecule has 27 heavy (non-hydrogen) atoms. The molecular weight excluding hydrogens is 381 g/mol. The minimum absolute atomic E-state index is 0.0162. The van der Waals surface area contributed by atoms with Crippen LogP contribution < -0.4 is 0 Å². The van der Waals surface area contributed by atoms with Crippen LogP contribution in [-0.4, -0.2) is 28.0 Å². The zero-order valence-electron chi connectivity index (χ0n) is 14.2. The van der Waals surface area contributed by atoms with Crippen LogP contribution in [0, 0.1) is 17.0 Å². The number of nitro benzene ring substituents is 1. The predicted octanol–water partition coefficient (Wildman–Crippen LogP) is 4.81. The van der Waals surface area contributed by atoms with Gasteiger partial charge in [-0.3, -0.25) is 14.9 Å². The van der Waals surface area contributed by atoms with Gasteiger partial charge < -0.3 is 4.90 Å². The molecule has 0 aliphatic carbocycles. The quantitative estimate of drug-likeness (QED) is 0.552. The van der Waals surface area contributed by atoms with Crippen molar-refractivity contribution in [3.63, 3.8) is 0 Å². The monoisotopic (exact) mass is 396 g/mol. The smallest absolute Gasteiger partial charge is 0.322 e. The van der Waals surface area contributed by atoms with Gasteiger partial charge in [-0.15, -0.1) is 11.8 Å². The van der Waals surface area contributed by atoms with E-state index in [9.17, 15) is 28.1 Å². The number of rotatable bonds is 3. The highest BCUT2D eigenvalue weighted by Gasteiger charge is 2.39. The lowest BCUT2D eigenvalue weighted by molar-refractivity contribution is -0.385. The van der Waals surface area contributed by atoms with E-state index >= 15 is 0 Å². The second-order valence-corrected chi connectivity index (χ2v) is 7.25. The topological polar surface area (TPSA) is 63.5 Å². The first-order valence-corrected chi connectivity index (χ1v) is 9.09. The third kappa shape index (κ3) is 3.78. The Kier molecular flexibility index (Phi) is 5.14. The standard InChI is InChI=1S/C18H15F3N2O3S/c1-11-6-7-12(10-15(11)23(25)26)16(24)22-8-9-27-17(22)13-4-2-3-5-14(13)18(19,20)21/h2-7,10,17H,8-9H2,1H3/t17-/m1/s1. The van der Waals surface area contributed by atoms with Crippen molar-refractivity contribution in [1.82, 2.24) is 4.90 Å². The molecule has 0 N–H and O–H groups in total. The molecule has 1 heterocycles. The number of aryl methyl sites for hydroxylation is 1. The molecule has 3 rings (SSSR count). The summed E-state index contributed by atoms with van der Waals surface area (Å²) >= 11 is 1.24. The molecule has 0 radical (unpaired) electrons. The fourth-order valence-corrected chi connectivity index (χ4v) is 4.30. The van der Waals surface area contributed by atoms with Crippen LogP contribution in [0.25, 0.3) is 0 Å². The molecule has 0 saturated carbocycles. The molecule has 0 unspecified atom stereocenters. The van der Waals surface area contributed by atoms with Crippen molar-refractivity contribution in [2.75, 3.05) is 12.3 Å². The van der Waals surface area contributed by atoms with E-state index < -0.39 is 27.9 Å². The van der Waals surface area contributed by atoms with Gasteiger partial charge in [-0.05, 0) is 24.6 Å². The van der Waals surface area contributed by atoms with Gasteiger partial charge in [-0.25, -0.2) is 0 Å². The number of nitrogens with zero attached hydrogens (tertiary/aromatic N) is 2. The summed E-state index contributed by atoms with van der Waals surface area (Å²) in [6.07, 6.45) is -4.53. The van der Waals surface area contributed by atoms with Crippen molar-refractivity contribution in [3.05, 3.63) is 74.8 Å². The van der Waals surface area contributed by atoms with Crippen molar-refractivity contribution in [2.24, 2.45) is 0 Å². The number of carbonyl (C=O) groups is 1. The van der Waals surface area contributed by atoms with Crippen molar-refractivity contribution in [1.29, 1.82) is 0 Å². The summed E-state index contributed by atoms with van der Waals surface area (Å²) < 4.78 is 40.1. The van der Waals surface area contributed by atoms with E-state index in [2.05, 4.69) is 0 Å². The summed E-state index contributed by atoms with van der Waals surface area (Å²) in [4.78, 5) is 24.8. The van der Waals surface area contributed by atoms with Crippen LogP contribution in [0.5, 0.6) is 0 Å². The van der Waals surface area contributed by atoms with Gasteiger partial charge in [0, 0.05) is 29.5 Å². The fraction of sp³-hybridized carbons (Fsp3) is 0.278. The highest BCUT2D eigenvalue weighted by atomic mass is 32.2. The van der Waals surface area contributed by atoms with Gasteiger partial charge in [0.1, 0.15) is 5.37 Å². The van der Waals surface area contributed by atoms with Crippen LogP contribution in [0.15, 0.2) is 42.5 Å². The van der Waals surface area contributed by atoms with Crippen LogP contribution in [0.4, 0.5) is 18.9 Å². The number of amides is 1. The lowest BCUT2D eigenvalue weighted by Gasteiger charge is -2.26. The van der Waals surface area contributed by atoms with Crippen molar-refractivity contribution in [2.45, 2.75) is 18.5 Å². The molecule has 9 heteroatoms. The Morgan fingerprint density at radius 2 is 1.96 bits per heavy atom. The largest absolute Gasteiger partial charge is 0.416 e. The molecule has 0 aromatic heterocycles. The minimum Gasteiger partial charge on any atom is -0.322 e. The lowest BCUT2D eigenvalue weighted by atomic mass is 10.0. The summed E-state index contributed by atoms with van der Waals surface area (Å²) in [7, 11) is 0. The lowest BCUT2D eigenvalue weighted by Crippen LogP contribution is -2.31. The van der Waals surface area contributed by atoms with Crippen LogP contribution in [0.3, 0.4) is 0 Å². The summed E-state index contributed by atoms with van der Waals surface area (Å²) in [6.45, 7) is 1.82. The van der Waals surface area contributed by atoms with Gasteiger partial charge >= 0.3 is 6.18 Å². The number of hydrogen-bond donors (Lipinski definition) is 0. The van der Waals surface area contributed by atoms with E-state index in [1.54, 1.807) is 6.92 Å². The molecule has 5 nitrogen and oxygen atoms in total. The molecule has 0 bridgehead atoms. The molecule has 2 aromatic rings. The van der Waals surface area contributed by atoms with Crippen LogP contribution >= 0.6 is 11.8 Å². The Morgan fingerprint density at radius 3 is 2.63 bits per heavy atom. The average molecular weight is 396 g/mol. The molecular formula is C18H15F3N2O3S. The maximum atomic E-state index is 13.4. The van der Waals surface area contributed by atoms with E-state index in [1.807, 2.05) is 0 Å². The van der Waals surface area contributed by atoms with E-state index in [4.69, 9.17) is 0 Å². The number of halogens is 3. The van der Waals surface area contributed by atoms with E-state index in [-0.39, 0.29) is 23.4 Å². The molecule has 1 aliphatic heterocycles. The molecule has 142 valence electrons. The minimum atomic E-state index is -4.53. The first-order chi connectivity index (χ1) is 12.7. The van der Waals surface area contributed by atoms with Gasteiger partial charge in [0.05, 0.1) is 10.5 Å². The zero-order chi connectivity index (χ0) is 19.8. The summed E-state index contributed by atoms with van der Waals surface area (Å²) in [6, 6.07) is 9.27. The van der Waals surface area contributed by atoms with E-state index in [0.29, 0.717) is 11.3 Å². The third-order valence-electron chi connectivity index (χ3n) is 4.34. The van der Waals surface area contributed by atoms with Crippen LogP contribution in [-0.2, 0) is 6.18 Å². The second-order valence-electron chi connectivity index (χ2n) is 6.07. The number of hydrogen-bond acceptors (Lipinski definition) is 4. The predicted molar refractivity (Wildman–Crippen MR) is 95.5 cm³/mol. The average Bonchev–Trinajstić information content (AvgIpc) is 3.10. The zero-order valence-corrected chi connectivity index (χ0v) is 15.0. The first kappa shape index (κ1) is 19.2. The fourth-order valence-electron chi connectivity index (χ4n) is 3.01. The summed E-state index contributed by atoms with van der Waals surface area (Å²) in [5.74, 6) is -0.0404. The number of thioether (sulfide) groups is 1. The summed E-state index contributed by atoms with van der Waals surface area (Å²) in [5.41, 5.74) is -0.463.